The minimum Gasteiger partial charge on any atom is -0.463 e. The molecular formula is C21H25NO4. The molecule has 26 heavy (non-hydrogen) atoms. The molecule has 1 saturated heterocycles. The summed E-state index contributed by atoms with van der Waals surface area (Å²) in [6.45, 7) is 7.68. The van der Waals surface area contributed by atoms with Crippen LogP contribution < -0.4 is 0 Å². The SMILES string of the molecule is CCOC(=O)C1=C(CO)[C@H]2[C@@H]1[C@@H]1c3ccccc3[C@H]2N1C(=O)C(C)(C)C. The van der Waals surface area contributed by atoms with Gasteiger partial charge in [0.15, 0.2) is 0 Å². The lowest BCUT2D eigenvalue weighted by molar-refractivity contribution is -0.143. The first kappa shape index (κ1) is 17.3. The highest BCUT2D eigenvalue weighted by atomic mass is 16.5. The molecule has 2 bridgehead atoms. The van der Waals surface area contributed by atoms with Gasteiger partial charge in [0.05, 0.1) is 25.3 Å². The van der Waals surface area contributed by atoms with E-state index in [0.29, 0.717) is 12.2 Å². The van der Waals surface area contributed by atoms with Gasteiger partial charge < -0.3 is 14.7 Å². The molecule has 4 rings (SSSR count). The van der Waals surface area contributed by atoms with Gasteiger partial charge in [-0.2, -0.15) is 0 Å². The van der Waals surface area contributed by atoms with Crippen LogP contribution in [0, 0.1) is 17.3 Å². The quantitative estimate of drug-likeness (QED) is 0.847. The van der Waals surface area contributed by atoms with E-state index >= 15 is 0 Å². The Labute approximate surface area is 153 Å². The summed E-state index contributed by atoms with van der Waals surface area (Å²) in [4.78, 5) is 27.7. The van der Waals surface area contributed by atoms with Crippen LogP contribution in [0.1, 0.15) is 50.9 Å². The molecule has 0 aromatic heterocycles. The maximum absolute atomic E-state index is 13.2. The molecule has 1 aromatic carbocycles. The van der Waals surface area contributed by atoms with E-state index in [1.807, 2.05) is 37.8 Å². The van der Waals surface area contributed by atoms with Gasteiger partial charge in [-0.15, -0.1) is 0 Å². The van der Waals surface area contributed by atoms with Gasteiger partial charge in [-0.3, -0.25) is 4.79 Å². The van der Waals surface area contributed by atoms with Crippen molar-refractivity contribution in [1.82, 2.24) is 4.90 Å². The van der Waals surface area contributed by atoms with Gasteiger partial charge in [0.2, 0.25) is 5.91 Å². The molecule has 5 nitrogen and oxygen atoms in total. The van der Waals surface area contributed by atoms with Crippen LogP contribution in [0.2, 0.25) is 0 Å². The lowest BCUT2D eigenvalue weighted by atomic mass is 9.60. The Morgan fingerprint density at radius 3 is 2.19 bits per heavy atom. The van der Waals surface area contributed by atoms with Crippen molar-refractivity contribution in [3.05, 3.63) is 46.5 Å². The van der Waals surface area contributed by atoms with Crippen LogP contribution in [-0.4, -0.2) is 35.1 Å². The van der Waals surface area contributed by atoms with E-state index < -0.39 is 5.41 Å². The topological polar surface area (TPSA) is 66.8 Å². The molecule has 1 amide bonds. The average molecular weight is 355 g/mol. The molecule has 0 radical (unpaired) electrons. The maximum atomic E-state index is 13.2. The molecule has 2 aliphatic heterocycles. The normalized spacial score (nSPS) is 28.6. The zero-order chi connectivity index (χ0) is 18.8. The Bertz CT molecular complexity index is 820. The standard InChI is InChI=1S/C21H25NO4/c1-5-26-19(24)15-13(10-23)14-16(15)18-12-9-7-6-8-11(12)17(14)22(18)20(25)21(2,3)4/h6-9,14,16-18,23H,5,10H2,1-4H3/t14-,16-,17+,18-/m0/s1. The molecule has 5 heteroatoms. The van der Waals surface area contributed by atoms with Crippen molar-refractivity contribution in [2.24, 2.45) is 17.3 Å². The molecule has 2 heterocycles. The fraction of sp³-hybridized carbons (Fsp3) is 0.524. The van der Waals surface area contributed by atoms with Crippen LogP contribution in [0.5, 0.6) is 0 Å². The fourth-order valence-corrected chi connectivity index (χ4v) is 5.00. The molecule has 0 saturated carbocycles. The molecule has 3 aliphatic rings. The van der Waals surface area contributed by atoms with Crippen molar-refractivity contribution in [3.63, 3.8) is 0 Å². The molecule has 1 aliphatic carbocycles. The summed E-state index contributed by atoms with van der Waals surface area (Å²) in [5.74, 6) is -0.349. The summed E-state index contributed by atoms with van der Waals surface area (Å²) in [6, 6.07) is 7.83. The number of carbonyl (C=O) groups is 2. The number of aliphatic hydroxyl groups excluding tert-OH is 1. The van der Waals surface area contributed by atoms with Crippen LogP contribution >= 0.6 is 0 Å². The van der Waals surface area contributed by atoms with Crippen LogP contribution in [0.4, 0.5) is 0 Å². The Kier molecular flexibility index (Phi) is 3.77. The molecule has 4 atom stereocenters. The van der Waals surface area contributed by atoms with E-state index in [0.717, 1.165) is 16.7 Å². The van der Waals surface area contributed by atoms with E-state index in [2.05, 4.69) is 12.1 Å². The van der Waals surface area contributed by atoms with Gasteiger partial charge in [-0.25, -0.2) is 4.79 Å². The maximum Gasteiger partial charge on any atom is 0.334 e. The summed E-state index contributed by atoms with van der Waals surface area (Å²) in [5, 5.41) is 9.91. The predicted molar refractivity (Wildman–Crippen MR) is 95.9 cm³/mol. The smallest absolute Gasteiger partial charge is 0.334 e. The zero-order valence-electron chi connectivity index (χ0n) is 15.7. The fourth-order valence-electron chi connectivity index (χ4n) is 5.00. The monoisotopic (exact) mass is 355 g/mol. The molecule has 1 fully saturated rings. The third-order valence-electron chi connectivity index (χ3n) is 5.92. The third kappa shape index (κ3) is 2.07. The number of nitrogens with zero attached hydrogens (tertiary/aromatic N) is 1. The lowest BCUT2D eigenvalue weighted by Gasteiger charge is -2.41. The number of hydrogen-bond acceptors (Lipinski definition) is 4. The summed E-state index contributed by atoms with van der Waals surface area (Å²) >= 11 is 0. The summed E-state index contributed by atoms with van der Waals surface area (Å²) in [5.41, 5.74) is 3.07. The van der Waals surface area contributed by atoms with Gasteiger partial charge >= 0.3 is 5.97 Å². The molecule has 1 N–H and O–H groups in total. The van der Waals surface area contributed by atoms with E-state index in [1.165, 1.54) is 0 Å². The van der Waals surface area contributed by atoms with Gasteiger partial charge in [0.25, 0.3) is 0 Å². The van der Waals surface area contributed by atoms with Gasteiger partial charge in [-0.05, 0) is 23.6 Å². The van der Waals surface area contributed by atoms with E-state index in [1.54, 1.807) is 6.92 Å². The minimum atomic E-state index is -0.508. The Morgan fingerprint density at radius 1 is 1.12 bits per heavy atom. The second kappa shape index (κ2) is 5.68. The first-order chi connectivity index (χ1) is 12.3. The van der Waals surface area contributed by atoms with E-state index in [-0.39, 0.29) is 42.4 Å². The number of fused-ring (bicyclic) bond motifs is 8. The van der Waals surface area contributed by atoms with Crippen LogP contribution in [0.25, 0.3) is 0 Å². The highest BCUT2D eigenvalue weighted by Gasteiger charge is 2.66. The lowest BCUT2D eigenvalue weighted by Crippen LogP contribution is -2.40. The number of esters is 1. The summed E-state index contributed by atoms with van der Waals surface area (Å²) in [6.07, 6.45) is 0. The first-order valence-corrected chi connectivity index (χ1v) is 9.25. The Balaban J connectivity index is 1.82. The molecule has 1 aromatic rings. The average Bonchev–Trinajstić information content (AvgIpc) is 3.02. The number of ether oxygens (including phenoxy) is 1. The number of hydrogen-bond donors (Lipinski definition) is 1. The van der Waals surface area contributed by atoms with Gasteiger partial charge in [-0.1, -0.05) is 45.0 Å². The number of benzene rings is 1. The highest BCUT2D eigenvalue weighted by Crippen LogP contribution is 2.68. The van der Waals surface area contributed by atoms with Crippen molar-refractivity contribution >= 4 is 11.9 Å². The van der Waals surface area contributed by atoms with Crippen LogP contribution in [0.15, 0.2) is 35.4 Å². The molecule has 138 valence electrons. The second-order valence-corrected chi connectivity index (χ2v) is 8.35. The number of carbonyl (C=O) groups excluding carboxylic acids is 2. The van der Waals surface area contributed by atoms with Crippen molar-refractivity contribution in [3.8, 4) is 0 Å². The number of amides is 1. The minimum absolute atomic E-state index is 0.00519. The summed E-state index contributed by atoms with van der Waals surface area (Å²) < 4.78 is 5.23. The van der Waals surface area contributed by atoms with Gasteiger partial charge in [0.1, 0.15) is 0 Å². The largest absolute Gasteiger partial charge is 0.463 e. The highest BCUT2D eigenvalue weighted by molar-refractivity contribution is 5.94. The Morgan fingerprint density at radius 2 is 1.69 bits per heavy atom. The second-order valence-electron chi connectivity index (χ2n) is 8.35. The van der Waals surface area contributed by atoms with Gasteiger partial charge in [0, 0.05) is 22.8 Å². The number of aliphatic hydroxyl groups is 1. The van der Waals surface area contributed by atoms with Crippen molar-refractivity contribution in [2.45, 2.75) is 39.8 Å². The van der Waals surface area contributed by atoms with Crippen molar-refractivity contribution in [1.29, 1.82) is 0 Å². The molecular weight excluding hydrogens is 330 g/mol. The predicted octanol–water partition coefficient (Wildman–Crippen LogP) is 2.77. The first-order valence-electron chi connectivity index (χ1n) is 9.25. The van der Waals surface area contributed by atoms with E-state index in [4.69, 9.17) is 4.74 Å². The zero-order valence-corrected chi connectivity index (χ0v) is 15.7. The molecule has 0 spiro atoms. The number of rotatable bonds is 3. The molecule has 0 unspecified atom stereocenters. The summed E-state index contributed by atoms with van der Waals surface area (Å²) in [7, 11) is 0. The van der Waals surface area contributed by atoms with Crippen LogP contribution in [-0.2, 0) is 14.3 Å². The Hall–Kier alpha value is -2.14. The van der Waals surface area contributed by atoms with E-state index in [9.17, 15) is 14.7 Å². The third-order valence-corrected chi connectivity index (χ3v) is 5.92. The van der Waals surface area contributed by atoms with Crippen molar-refractivity contribution < 1.29 is 19.4 Å². The van der Waals surface area contributed by atoms with Crippen LogP contribution in [0.3, 0.4) is 0 Å². The van der Waals surface area contributed by atoms with Crippen molar-refractivity contribution in [2.75, 3.05) is 13.2 Å².